The van der Waals surface area contributed by atoms with Crippen molar-refractivity contribution in [3.63, 3.8) is 0 Å². The lowest BCUT2D eigenvalue weighted by Crippen LogP contribution is -2.23. The lowest BCUT2D eigenvalue weighted by Gasteiger charge is -2.18. The van der Waals surface area contributed by atoms with Gasteiger partial charge in [0, 0.05) is 11.4 Å². The molecule has 0 saturated carbocycles. The molecule has 0 bridgehead atoms. The summed E-state index contributed by atoms with van der Waals surface area (Å²) in [4.78, 5) is 11.6. The Labute approximate surface area is 114 Å². The van der Waals surface area contributed by atoms with Gasteiger partial charge in [-0.2, -0.15) is 0 Å². The van der Waals surface area contributed by atoms with Crippen LogP contribution in [0.1, 0.15) is 51.2 Å². The maximum atomic E-state index is 11.6. The lowest BCUT2D eigenvalue weighted by atomic mass is 10.0. The van der Waals surface area contributed by atoms with Crippen LogP contribution in [-0.2, 0) is 4.79 Å². The zero-order valence-corrected chi connectivity index (χ0v) is 12.5. The number of halogens is 1. The predicted octanol–water partition coefficient (Wildman–Crippen LogP) is 4.52. The number of carbonyl (C=O) groups is 1. The highest BCUT2D eigenvalue weighted by atomic mass is 35.5. The van der Waals surface area contributed by atoms with Gasteiger partial charge in [-0.3, -0.25) is 4.79 Å². The Hall–Kier alpha value is -1.02. The zero-order valence-electron chi connectivity index (χ0n) is 11.7. The van der Waals surface area contributed by atoms with Crippen molar-refractivity contribution in [1.29, 1.82) is 0 Å². The summed E-state index contributed by atoms with van der Waals surface area (Å²) in [7, 11) is 0. The topological polar surface area (TPSA) is 26.3 Å². The second-order valence-corrected chi connectivity index (χ2v) is 5.28. The molecule has 1 unspecified atom stereocenters. The van der Waals surface area contributed by atoms with E-state index >= 15 is 0 Å². The first-order valence-electron chi connectivity index (χ1n) is 6.36. The fraction of sp³-hybridized carbons (Fsp3) is 0.533. The van der Waals surface area contributed by atoms with Gasteiger partial charge in [-0.1, -0.05) is 32.4 Å². The van der Waals surface area contributed by atoms with Crippen molar-refractivity contribution in [1.82, 2.24) is 0 Å². The fourth-order valence-electron chi connectivity index (χ4n) is 1.78. The van der Waals surface area contributed by atoms with Gasteiger partial charge in [0.05, 0.1) is 0 Å². The summed E-state index contributed by atoms with van der Waals surface area (Å²) < 4.78 is 5.74. The Morgan fingerprint density at radius 3 is 2.44 bits per heavy atom. The van der Waals surface area contributed by atoms with Gasteiger partial charge in [0.1, 0.15) is 5.75 Å². The van der Waals surface area contributed by atoms with E-state index in [9.17, 15) is 4.79 Å². The molecule has 0 spiro atoms. The number of ketones is 1. The van der Waals surface area contributed by atoms with E-state index < -0.39 is 6.10 Å². The van der Waals surface area contributed by atoms with Crippen LogP contribution in [0.3, 0.4) is 0 Å². The molecular weight excluding hydrogens is 248 g/mol. The summed E-state index contributed by atoms with van der Waals surface area (Å²) in [5.41, 5.74) is 2.01. The van der Waals surface area contributed by atoms with Crippen molar-refractivity contribution in [2.75, 3.05) is 0 Å². The Balaban J connectivity index is 3.02. The minimum Gasteiger partial charge on any atom is -0.483 e. The van der Waals surface area contributed by atoms with Crippen LogP contribution in [-0.4, -0.2) is 11.9 Å². The minimum atomic E-state index is -0.408. The highest BCUT2D eigenvalue weighted by molar-refractivity contribution is 6.31. The zero-order chi connectivity index (χ0) is 13.9. The van der Waals surface area contributed by atoms with E-state index in [1.54, 1.807) is 6.92 Å². The molecule has 1 aromatic rings. The second-order valence-electron chi connectivity index (χ2n) is 4.87. The smallest absolute Gasteiger partial charge is 0.172 e. The molecular formula is C15H21ClO2. The van der Waals surface area contributed by atoms with E-state index in [4.69, 9.17) is 16.3 Å². The largest absolute Gasteiger partial charge is 0.483 e. The third-order valence-electron chi connectivity index (χ3n) is 3.02. The SMILES string of the molecule is CCC(=O)C(C)Oc1cc(C(C)C)c(Cl)cc1C. The number of carbonyl (C=O) groups excluding carboxylic acids is 1. The number of Topliss-reactive ketones (excluding diaryl/α,β-unsaturated/α-hetero) is 1. The monoisotopic (exact) mass is 268 g/mol. The quantitative estimate of drug-likeness (QED) is 0.785. The molecule has 1 aromatic carbocycles. The van der Waals surface area contributed by atoms with Crippen LogP contribution < -0.4 is 4.74 Å². The molecule has 1 rings (SSSR count). The first kappa shape index (κ1) is 15.0. The summed E-state index contributed by atoms with van der Waals surface area (Å²) in [6, 6.07) is 3.84. The van der Waals surface area contributed by atoms with Gasteiger partial charge in [-0.25, -0.2) is 0 Å². The number of aryl methyl sites for hydroxylation is 1. The Bertz CT molecular complexity index is 438. The van der Waals surface area contributed by atoms with Crippen LogP contribution in [0, 0.1) is 6.92 Å². The highest BCUT2D eigenvalue weighted by Crippen LogP contribution is 2.31. The molecule has 0 aliphatic carbocycles. The van der Waals surface area contributed by atoms with Crippen molar-refractivity contribution in [2.24, 2.45) is 0 Å². The van der Waals surface area contributed by atoms with E-state index in [0.29, 0.717) is 12.3 Å². The van der Waals surface area contributed by atoms with Crippen molar-refractivity contribution in [3.05, 3.63) is 28.3 Å². The molecule has 18 heavy (non-hydrogen) atoms. The van der Waals surface area contributed by atoms with Crippen LogP contribution in [0.5, 0.6) is 5.75 Å². The van der Waals surface area contributed by atoms with Crippen molar-refractivity contribution >= 4 is 17.4 Å². The summed E-state index contributed by atoms with van der Waals surface area (Å²) in [6.07, 6.45) is 0.0834. The van der Waals surface area contributed by atoms with Crippen molar-refractivity contribution in [3.8, 4) is 5.75 Å². The van der Waals surface area contributed by atoms with Gasteiger partial charge in [-0.05, 0) is 43.0 Å². The number of benzene rings is 1. The normalized spacial score (nSPS) is 12.6. The second kappa shape index (κ2) is 6.24. The van der Waals surface area contributed by atoms with Gasteiger partial charge < -0.3 is 4.74 Å². The van der Waals surface area contributed by atoms with Gasteiger partial charge >= 0.3 is 0 Å². The van der Waals surface area contributed by atoms with Gasteiger partial charge in [0.25, 0.3) is 0 Å². The van der Waals surface area contributed by atoms with E-state index in [1.807, 2.05) is 26.0 Å². The van der Waals surface area contributed by atoms with Gasteiger partial charge in [-0.15, -0.1) is 0 Å². The molecule has 1 atom stereocenters. The molecule has 0 aromatic heterocycles. The maximum absolute atomic E-state index is 11.6. The molecule has 0 amide bonds. The van der Waals surface area contributed by atoms with Crippen LogP contribution in [0.25, 0.3) is 0 Å². The maximum Gasteiger partial charge on any atom is 0.172 e. The first-order chi connectivity index (χ1) is 8.36. The van der Waals surface area contributed by atoms with Gasteiger partial charge in [0.15, 0.2) is 11.9 Å². The summed E-state index contributed by atoms with van der Waals surface area (Å²) in [5, 5.41) is 0.754. The van der Waals surface area contributed by atoms with E-state index in [0.717, 1.165) is 21.9 Å². The average Bonchev–Trinajstić information content (AvgIpc) is 2.30. The third-order valence-corrected chi connectivity index (χ3v) is 3.35. The van der Waals surface area contributed by atoms with E-state index in [1.165, 1.54) is 0 Å². The molecule has 100 valence electrons. The first-order valence-corrected chi connectivity index (χ1v) is 6.74. The molecule has 0 heterocycles. The van der Waals surface area contributed by atoms with Crippen LogP contribution in [0.4, 0.5) is 0 Å². The molecule has 3 heteroatoms. The summed E-state index contributed by atoms with van der Waals surface area (Å²) >= 11 is 6.20. The van der Waals surface area contributed by atoms with E-state index in [-0.39, 0.29) is 5.78 Å². The molecule has 0 radical (unpaired) electrons. The Morgan fingerprint density at radius 2 is 1.94 bits per heavy atom. The Kier molecular flexibility index (Phi) is 5.21. The number of hydrogen-bond acceptors (Lipinski definition) is 2. The lowest BCUT2D eigenvalue weighted by molar-refractivity contribution is -0.124. The Morgan fingerprint density at radius 1 is 1.33 bits per heavy atom. The van der Waals surface area contributed by atoms with Crippen LogP contribution >= 0.6 is 11.6 Å². The van der Waals surface area contributed by atoms with E-state index in [2.05, 4.69) is 13.8 Å². The minimum absolute atomic E-state index is 0.107. The highest BCUT2D eigenvalue weighted by Gasteiger charge is 2.16. The van der Waals surface area contributed by atoms with Crippen LogP contribution in [0.15, 0.2) is 12.1 Å². The predicted molar refractivity (Wildman–Crippen MR) is 75.7 cm³/mol. The number of hydrogen-bond donors (Lipinski definition) is 0. The number of ether oxygens (including phenoxy) is 1. The molecule has 0 saturated heterocycles. The molecule has 2 nitrogen and oxygen atoms in total. The number of rotatable bonds is 5. The van der Waals surface area contributed by atoms with Crippen LogP contribution in [0.2, 0.25) is 5.02 Å². The molecule has 0 aliphatic rings. The third kappa shape index (κ3) is 3.49. The van der Waals surface area contributed by atoms with Crippen molar-refractivity contribution < 1.29 is 9.53 Å². The molecule has 0 N–H and O–H groups in total. The fourth-order valence-corrected chi connectivity index (χ4v) is 2.22. The molecule has 0 aliphatic heterocycles. The summed E-state index contributed by atoms with van der Waals surface area (Å²) in [6.45, 7) is 9.74. The van der Waals surface area contributed by atoms with Gasteiger partial charge in [0.2, 0.25) is 0 Å². The standard InChI is InChI=1S/C15H21ClO2/c1-6-14(17)11(5)18-15-8-12(9(2)3)13(16)7-10(15)4/h7-9,11H,6H2,1-5H3. The van der Waals surface area contributed by atoms with Crippen molar-refractivity contribution in [2.45, 2.75) is 53.1 Å². The average molecular weight is 269 g/mol. The summed E-state index contributed by atoms with van der Waals surface area (Å²) in [5.74, 6) is 1.19. The molecule has 0 fully saturated rings.